The third kappa shape index (κ3) is 4.79. The van der Waals surface area contributed by atoms with Gasteiger partial charge in [-0.3, -0.25) is 4.79 Å². The molecule has 0 aliphatic heterocycles. The van der Waals surface area contributed by atoms with Crippen LogP contribution in [0.2, 0.25) is 0 Å². The van der Waals surface area contributed by atoms with Gasteiger partial charge in [0.05, 0.1) is 17.5 Å². The Kier molecular flexibility index (Phi) is 6.49. The van der Waals surface area contributed by atoms with Gasteiger partial charge in [0.2, 0.25) is 10.0 Å². The van der Waals surface area contributed by atoms with Crippen molar-refractivity contribution in [2.75, 3.05) is 13.7 Å². The molecule has 3 rings (SSSR count). The van der Waals surface area contributed by atoms with E-state index < -0.39 is 10.0 Å². The number of rotatable bonds is 7. The monoisotopic (exact) mass is 402 g/mol. The zero-order valence-electron chi connectivity index (χ0n) is 16.1. The summed E-state index contributed by atoms with van der Waals surface area (Å²) >= 11 is 0. The first-order valence-electron chi connectivity index (χ1n) is 9.40. The van der Waals surface area contributed by atoms with Crippen LogP contribution in [0.3, 0.4) is 0 Å². The molecule has 2 N–H and O–H groups in total. The second-order valence-electron chi connectivity index (χ2n) is 7.12. The quantitative estimate of drug-likeness (QED) is 0.746. The van der Waals surface area contributed by atoms with Gasteiger partial charge in [0.15, 0.2) is 0 Å². The summed E-state index contributed by atoms with van der Waals surface area (Å²) in [5, 5.41) is 3.08. The van der Waals surface area contributed by atoms with E-state index >= 15 is 0 Å². The highest BCUT2D eigenvalue weighted by Crippen LogP contribution is 2.29. The van der Waals surface area contributed by atoms with Crippen LogP contribution in [0.5, 0.6) is 0 Å². The van der Waals surface area contributed by atoms with Crippen LogP contribution in [0.15, 0.2) is 53.4 Å². The predicted octanol–water partition coefficient (Wildman–Crippen LogP) is 2.81. The van der Waals surface area contributed by atoms with Crippen molar-refractivity contribution in [2.45, 2.75) is 43.2 Å². The molecule has 6 nitrogen and oxygen atoms in total. The third-order valence-electron chi connectivity index (χ3n) is 4.87. The summed E-state index contributed by atoms with van der Waals surface area (Å²) in [4.78, 5) is 12.8. The number of amides is 1. The molecular formula is C21H26N2O4S. The number of nitrogens with one attached hydrogen (secondary N) is 2. The largest absolute Gasteiger partial charge is 0.383 e. The molecule has 0 radical (unpaired) electrons. The second-order valence-corrected chi connectivity index (χ2v) is 8.83. The van der Waals surface area contributed by atoms with Crippen molar-refractivity contribution in [1.29, 1.82) is 0 Å². The number of aryl methyl sites for hydroxylation is 1. The van der Waals surface area contributed by atoms with E-state index in [2.05, 4.69) is 22.2 Å². The number of fused-ring (bicyclic) bond motifs is 1. The van der Waals surface area contributed by atoms with Crippen LogP contribution in [0.1, 0.15) is 47.3 Å². The number of ether oxygens (including phenoxy) is 1. The Labute approximate surface area is 166 Å². The Morgan fingerprint density at radius 3 is 2.61 bits per heavy atom. The lowest BCUT2D eigenvalue weighted by Gasteiger charge is -2.26. The molecule has 1 amide bonds. The maximum Gasteiger partial charge on any atom is 0.251 e. The van der Waals surface area contributed by atoms with Gasteiger partial charge in [0, 0.05) is 18.7 Å². The van der Waals surface area contributed by atoms with Crippen LogP contribution in [0.4, 0.5) is 0 Å². The minimum atomic E-state index is -3.65. The predicted molar refractivity (Wildman–Crippen MR) is 108 cm³/mol. The summed E-state index contributed by atoms with van der Waals surface area (Å²) in [5.74, 6) is -0.202. The van der Waals surface area contributed by atoms with Crippen LogP contribution >= 0.6 is 0 Å². The minimum absolute atomic E-state index is 0.0163. The van der Waals surface area contributed by atoms with E-state index in [0.717, 1.165) is 24.8 Å². The number of carbonyl (C=O) groups is 1. The van der Waals surface area contributed by atoms with Gasteiger partial charge in [-0.05, 0) is 61.6 Å². The van der Waals surface area contributed by atoms with E-state index in [1.54, 1.807) is 19.1 Å². The molecule has 2 aromatic rings. The average molecular weight is 403 g/mol. The van der Waals surface area contributed by atoms with Gasteiger partial charge >= 0.3 is 0 Å². The van der Waals surface area contributed by atoms with Gasteiger partial charge in [0.25, 0.3) is 5.91 Å². The van der Waals surface area contributed by atoms with Gasteiger partial charge in [0.1, 0.15) is 0 Å². The van der Waals surface area contributed by atoms with Crippen LogP contribution in [-0.2, 0) is 21.2 Å². The van der Waals surface area contributed by atoms with E-state index in [1.807, 2.05) is 12.1 Å². The van der Waals surface area contributed by atoms with Crippen molar-refractivity contribution < 1.29 is 17.9 Å². The van der Waals surface area contributed by atoms with Crippen molar-refractivity contribution in [3.05, 3.63) is 65.2 Å². The van der Waals surface area contributed by atoms with Gasteiger partial charge in [-0.1, -0.05) is 24.3 Å². The number of hydrogen-bond donors (Lipinski definition) is 2. The van der Waals surface area contributed by atoms with Gasteiger partial charge in [-0.2, -0.15) is 0 Å². The van der Waals surface area contributed by atoms with Crippen molar-refractivity contribution in [1.82, 2.24) is 10.0 Å². The first-order valence-corrected chi connectivity index (χ1v) is 10.9. The number of hydrogen-bond acceptors (Lipinski definition) is 4. The van der Waals surface area contributed by atoms with E-state index in [1.165, 1.54) is 24.8 Å². The molecule has 0 unspecified atom stereocenters. The Bertz CT molecular complexity index is 926. The first kappa shape index (κ1) is 20.5. The Hall–Kier alpha value is -2.22. The molecule has 2 atom stereocenters. The molecular weight excluding hydrogens is 376 g/mol. The number of carbonyl (C=O) groups excluding carboxylic acids is 1. The zero-order valence-corrected chi connectivity index (χ0v) is 17.0. The lowest BCUT2D eigenvalue weighted by molar-refractivity contribution is 0.0932. The molecule has 7 heteroatoms. The summed E-state index contributed by atoms with van der Waals surface area (Å²) in [7, 11) is -2.14. The fourth-order valence-corrected chi connectivity index (χ4v) is 4.78. The van der Waals surface area contributed by atoms with Crippen molar-refractivity contribution in [3.63, 3.8) is 0 Å². The smallest absolute Gasteiger partial charge is 0.251 e. The average Bonchev–Trinajstić information content (AvgIpc) is 2.68. The van der Waals surface area contributed by atoms with Crippen LogP contribution in [-0.4, -0.2) is 34.1 Å². The fraction of sp³-hybridized carbons (Fsp3) is 0.381. The number of methoxy groups -OCH3 is 1. The minimum Gasteiger partial charge on any atom is -0.383 e. The lowest BCUT2D eigenvalue weighted by Crippen LogP contribution is -2.35. The summed E-state index contributed by atoms with van der Waals surface area (Å²) in [6.07, 6.45) is 2.96. The Balaban J connectivity index is 1.69. The molecule has 2 aromatic carbocycles. The summed E-state index contributed by atoms with van der Waals surface area (Å²) in [6, 6.07) is 13.8. The highest BCUT2D eigenvalue weighted by molar-refractivity contribution is 7.89. The van der Waals surface area contributed by atoms with Gasteiger partial charge in [-0.25, -0.2) is 13.1 Å². The van der Waals surface area contributed by atoms with E-state index in [4.69, 9.17) is 4.74 Å². The molecule has 0 bridgehead atoms. The fourth-order valence-electron chi connectivity index (χ4n) is 3.55. The van der Waals surface area contributed by atoms with E-state index in [0.29, 0.717) is 5.56 Å². The summed E-state index contributed by atoms with van der Waals surface area (Å²) < 4.78 is 32.3. The SMILES string of the molecule is COC[C@H](C)NS(=O)(=O)c1ccc(C(=O)N[C@H]2CCCc3ccccc32)cc1. The van der Waals surface area contributed by atoms with Gasteiger partial charge in [-0.15, -0.1) is 0 Å². The Morgan fingerprint density at radius 1 is 1.18 bits per heavy atom. The van der Waals surface area contributed by atoms with Crippen molar-refractivity contribution >= 4 is 15.9 Å². The molecule has 0 aromatic heterocycles. The third-order valence-corrected chi connectivity index (χ3v) is 6.48. The molecule has 1 aliphatic rings. The van der Waals surface area contributed by atoms with Gasteiger partial charge < -0.3 is 10.1 Å². The van der Waals surface area contributed by atoms with Crippen LogP contribution in [0, 0.1) is 0 Å². The van der Waals surface area contributed by atoms with Crippen LogP contribution in [0.25, 0.3) is 0 Å². The maximum atomic E-state index is 12.7. The number of sulfonamides is 1. The molecule has 0 saturated heterocycles. The van der Waals surface area contributed by atoms with E-state index in [9.17, 15) is 13.2 Å². The molecule has 0 fully saturated rings. The summed E-state index contributed by atoms with van der Waals surface area (Å²) in [5.41, 5.74) is 2.88. The topological polar surface area (TPSA) is 84.5 Å². The second kappa shape index (κ2) is 8.86. The highest BCUT2D eigenvalue weighted by atomic mass is 32.2. The van der Waals surface area contributed by atoms with Crippen molar-refractivity contribution in [2.24, 2.45) is 0 Å². The molecule has 0 heterocycles. The molecule has 150 valence electrons. The highest BCUT2D eigenvalue weighted by Gasteiger charge is 2.22. The Morgan fingerprint density at radius 2 is 1.89 bits per heavy atom. The molecule has 28 heavy (non-hydrogen) atoms. The van der Waals surface area contributed by atoms with Crippen LogP contribution < -0.4 is 10.0 Å². The number of benzene rings is 2. The molecule has 0 saturated carbocycles. The van der Waals surface area contributed by atoms with E-state index in [-0.39, 0.29) is 29.5 Å². The normalized spacial score (nSPS) is 17.6. The maximum absolute atomic E-state index is 12.7. The standard InChI is InChI=1S/C21H26N2O4S/c1-15(14-27-2)23-28(25,26)18-12-10-17(11-13-18)21(24)22-20-9-5-7-16-6-3-4-8-19(16)20/h3-4,6,8,10-13,15,20,23H,5,7,9,14H2,1-2H3,(H,22,24)/t15-,20-/m0/s1. The zero-order chi connectivity index (χ0) is 20.1. The first-order chi connectivity index (χ1) is 13.4. The van der Waals surface area contributed by atoms with Crippen molar-refractivity contribution in [3.8, 4) is 0 Å². The summed E-state index contributed by atoms with van der Waals surface area (Å²) in [6.45, 7) is 2.01. The molecule has 0 spiro atoms. The lowest BCUT2D eigenvalue weighted by atomic mass is 9.87. The molecule has 1 aliphatic carbocycles.